The molecule has 3 aromatic rings. The molecule has 7 heteroatoms. The van der Waals surface area contributed by atoms with E-state index in [4.69, 9.17) is 23.7 Å². The van der Waals surface area contributed by atoms with Crippen molar-refractivity contribution in [3.05, 3.63) is 60.0 Å². The molecular weight excluding hydrogens is 410 g/mol. The molecule has 0 unspecified atom stereocenters. The first kappa shape index (κ1) is 23.2. The second kappa shape index (κ2) is 9.77. The highest BCUT2D eigenvalue weighted by atomic mass is 16.5. The molecule has 0 aliphatic carbocycles. The van der Waals surface area contributed by atoms with E-state index >= 15 is 0 Å². The minimum absolute atomic E-state index is 0.122. The van der Waals surface area contributed by atoms with Crippen molar-refractivity contribution in [1.29, 1.82) is 0 Å². The lowest BCUT2D eigenvalue weighted by Gasteiger charge is -2.21. The van der Waals surface area contributed by atoms with Gasteiger partial charge in [-0.25, -0.2) is 9.78 Å². The van der Waals surface area contributed by atoms with E-state index in [9.17, 15) is 4.79 Å². The van der Waals surface area contributed by atoms with Crippen LogP contribution in [0, 0.1) is 6.92 Å². The average molecular weight is 440 g/mol. The quantitative estimate of drug-likeness (QED) is 0.458. The Morgan fingerprint density at radius 2 is 1.62 bits per heavy atom. The standard InChI is InChI=1S/C25H29NO6/c1-16(2)30-20-8-6-18(7-9-20)23-26-22(17(3)31-23)14-15-29-19-10-12-21(13-11-19)32-25(4,5)24(27)28/h6-13,16H,14-15H2,1-5H3,(H,27,28). The van der Waals surface area contributed by atoms with Crippen LogP contribution in [0.15, 0.2) is 52.9 Å². The van der Waals surface area contributed by atoms with Gasteiger partial charge in [0.2, 0.25) is 5.89 Å². The number of carboxylic acid groups (broad SMARTS) is 1. The minimum atomic E-state index is -1.30. The molecule has 3 rings (SSSR count). The van der Waals surface area contributed by atoms with Crippen LogP contribution in [-0.2, 0) is 11.2 Å². The predicted molar refractivity (Wildman–Crippen MR) is 120 cm³/mol. The largest absolute Gasteiger partial charge is 0.493 e. The molecule has 1 heterocycles. The maximum atomic E-state index is 11.2. The van der Waals surface area contributed by atoms with Gasteiger partial charge in [0.25, 0.3) is 0 Å². The molecule has 1 aromatic heterocycles. The predicted octanol–water partition coefficient (Wildman–Crippen LogP) is 5.30. The summed E-state index contributed by atoms with van der Waals surface area (Å²) in [6, 6.07) is 14.5. The lowest BCUT2D eigenvalue weighted by atomic mass is 10.1. The molecule has 1 N–H and O–H groups in total. The molecule has 0 saturated heterocycles. The maximum Gasteiger partial charge on any atom is 0.347 e. The van der Waals surface area contributed by atoms with Crippen LogP contribution in [-0.4, -0.2) is 34.4 Å². The number of benzene rings is 2. The molecule has 2 aromatic carbocycles. The number of hydrogen-bond donors (Lipinski definition) is 1. The Kier molecular flexibility index (Phi) is 7.08. The van der Waals surface area contributed by atoms with Gasteiger partial charge in [-0.3, -0.25) is 0 Å². The SMILES string of the molecule is Cc1oc(-c2ccc(OC(C)C)cc2)nc1CCOc1ccc(OC(C)(C)C(=O)O)cc1. The van der Waals surface area contributed by atoms with E-state index in [0.29, 0.717) is 30.4 Å². The zero-order chi connectivity index (χ0) is 23.3. The normalized spacial score (nSPS) is 11.4. The summed E-state index contributed by atoms with van der Waals surface area (Å²) in [5.41, 5.74) is 0.425. The van der Waals surface area contributed by atoms with E-state index in [0.717, 1.165) is 22.8 Å². The summed E-state index contributed by atoms with van der Waals surface area (Å²) in [5, 5.41) is 9.15. The Morgan fingerprint density at radius 3 is 2.22 bits per heavy atom. The van der Waals surface area contributed by atoms with Gasteiger partial charge in [0.1, 0.15) is 23.0 Å². The maximum absolute atomic E-state index is 11.2. The molecule has 0 atom stereocenters. The fourth-order valence-corrected chi connectivity index (χ4v) is 2.94. The Morgan fingerprint density at radius 1 is 1.03 bits per heavy atom. The lowest BCUT2D eigenvalue weighted by molar-refractivity contribution is -0.152. The van der Waals surface area contributed by atoms with Gasteiger partial charge >= 0.3 is 5.97 Å². The van der Waals surface area contributed by atoms with Crippen LogP contribution in [0.5, 0.6) is 17.2 Å². The monoisotopic (exact) mass is 439 g/mol. The van der Waals surface area contributed by atoms with Gasteiger partial charge in [-0.05, 0) is 83.1 Å². The van der Waals surface area contributed by atoms with Crippen molar-refractivity contribution in [2.75, 3.05) is 6.61 Å². The Hall–Kier alpha value is -3.48. The van der Waals surface area contributed by atoms with Crippen LogP contribution < -0.4 is 14.2 Å². The Bertz CT molecular complexity index is 1040. The van der Waals surface area contributed by atoms with Crippen molar-refractivity contribution >= 4 is 5.97 Å². The first-order valence-corrected chi connectivity index (χ1v) is 10.5. The van der Waals surface area contributed by atoms with Crippen LogP contribution in [0.25, 0.3) is 11.5 Å². The molecular formula is C25H29NO6. The van der Waals surface area contributed by atoms with Gasteiger partial charge in [-0.2, -0.15) is 0 Å². The number of hydrogen-bond acceptors (Lipinski definition) is 6. The van der Waals surface area contributed by atoms with E-state index in [2.05, 4.69) is 4.98 Å². The summed E-state index contributed by atoms with van der Waals surface area (Å²) in [6.07, 6.45) is 0.713. The number of carbonyl (C=O) groups is 1. The van der Waals surface area contributed by atoms with Gasteiger partial charge in [0.05, 0.1) is 18.4 Å². The number of aliphatic carboxylic acids is 1. The summed E-state index contributed by atoms with van der Waals surface area (Å²) in [4.78, 5) is 15.8. The van der Waals surface area contributed by atoms with Crippen molar-refractivity contribution < 1.29 is 28.5 Å². The summed E-state index contributed by atoms with van der Waals surface area (Å²) in [6.45, 7) is 9.29. The van der Waals surface area contributed by atoms with Crippen molar-refractivity contribution in [3.63, 3.8) is 0 Å². The Balaban J connectivity index is 1.55. The summed E-state index contributed by atoms with van der Waals surface area (Å²) >= 11 is 0. The van der Waals surface area contributed by atoms with Crippen LogP contribution in [0.2, 0.25) is 0 Å². The van der Waals surface area contributed by atoms with Crippen molar-refractivity contribution in [1.82, 2.24) is 4.98 Å². The third kappa shape index (κ3) is 6.03. The van der Waals surface area contributed by atoms with Gasteiger partial charge in [-0.1, -0.05) is 0 Å². The number of aryl methyl sites for hydroxylation is 1. The van der Waals surface area contributed by atoms with E-state index in [1.807, 2.05) is 45.0 Å². The Labute approximate surface area is 188 Å². The van der Waals surface area contributed by atoms with Crippen LogP contribution in [0.1, 0.15) is 39.1 Å². The highest BCUT2D eigenvalue weighted by molar-refractivity contribution is 5.76. The average Bonchev–Trinajstić information content (AvgIpc) is 3.09. The van der Waals surface area contributed by atoms with Gasteiger partial charge in [0.15, 0.2) is 5.60 Å². The van der Waals surface area contributed by atoms with E-state index in [1.165, 1.54) is 13.8 Å². The molecule has 0 bridgehead atoms. The van der Waals surface area contributed by atoms with Crippen LogP contribution in [0.3, 0.4) is 0 Å². The van der Waals surface area contributed by atoms with Crippen LogP contribution >= 0.6 is 0 Å². The number of nitrogens with zero attached hydrogens (tertiary/aromatic N) is 1. The zero-order valence-electron chi connectivity index (χ0n) is 19.0. The second-order valence-electron chi connectivity index (χ2n) is 8.20. The van der Waals surface area contributed by atoms with Gasteiger partial charge in [-0.15, -0.1) is 0 Å². The molecule has 170 valence electrons. The van der Waals surface area contributed by atoms with Crippen molar-refractivity contribution in [2.45, 2.75) is 52.7 Å². The third-order valence-corrected chi connectivity index (χ3v) is 4.69. The van der Waals surface area contributed by atoms with E-state index < -0.39 is 11.6 Å². The number of oxazole rings is 1. The molecule has 0 spiro atoms. The molecule has 0 fully saturated rings. The molecule has 32 heavy (non-hydrogen) atoms. The third-order valence-electron chi connectivity index (χ3n) is 4.69. The smallest absolute Gasteiger partial charge is 0.347 e. The second-order valence-corrected chi connectivity index (χ2v) is 8.20. The first-order chi connectivity index (χ1) is 15.1. The van der Waals surface area contributed by atoms with Crippen molar-refractivity contribution in [2.24, 2.45) is 0 Å². The fourth-order valence-electron chi connectivity index (χ4n) is 2.94. The number of ether oxygens (including phenoxy) is 3. The molecule has 0 aliphatic heterocycles. The molecule has 0 aliphatic rings. The molecule has 7 nitrogen and oxygen atoms in total. The zero-order valence-corrected chi connectivity index (χ0v) is 19.0. The molecule has 0 radical (unpaired) electrons. The summed E-state index contributed by atoms with van der Waals surface area (Å²) in [7, 11) is 0. The van der Waals surface area contributed by atoms with Gasteiger partial charge < -0.3 is 23.7 Å². The van der Waals surface area contributed by atoms with E-state index in [1.54, 1.807) is 24.3 Å². The number of rotatable bonds is 10. The number of aromatic nitrogens is 1. The minimum Gasteiger partial charge on any atom is -0.493 e. The van der Waals surface area contributed by atoms with Crippen LogP contribution in [0.4, 0.5) is 0 Å². The fraction of sp³-hybridized carbons (Fsp3) is 0.360. The van der Waals surface area contributed by atoms with Crippen molar-refractivity contribution in [3.8, 4) is 28.7 Å². The first-order valence-electron chi connectivity index (χ1n) is 10.5. The summed E-state index contributed by atoms with van der Waals surface area (Å²) < 4.78 is 22.8. The molecule has 0 amide bonds. The lowest BCUT2D eigenvalue weighted by Crippen LogP contribution is -2.37. The van der Waals surface area contributed by atoms with Gasteiger partial charge in [0, 0.05) is 12.0 Å². The molecule has 0 saturated carbocycles. The highest BCUT2D eigenvalue weighted by Gasteiger charge is 2.29. The highest BCUT2D eigenvalue weighted by Crippen LogP contribution is 2.25. The summed E-state index contributed by atoms with van der Waals surface area (Å²) in [5.74, 6) is 2.23. The number of carboxylic acids is 1. The topological polar surface area (TPSA) is 91.0 Å². The van der Waals surface area contributed by atoms with E-state index in [-0.39, 0.29) is 6.10 Å².